The summed E-state index contributed by atoms with van der Waals surface area (Å²) >= 11 is 7.81. The van der Waals surface area contributed by atoms with E-state index < -0.39 is 0 Å². The average Bonchev–Trinajstić information content (AvgIpc) is 2.96. The maximum atomic E-state index is 12.6. The fourth-order valence-corrected chi connectivity index (χ4v) is 4.17. The highest BCUT2D eigenvalue weighted by Gasteiger charge is 2.14. The number of hydrogen-bond donors (Lipinski definition) is 0. The minimum absolute atomic E-state index is 0.0300. The van der Waals surface area contributed by atoms with Crippen LogP contribution in [0, 0.1) is 6.92 Å². The standard InChI is InChI=1S/C22H20ClNO2S/c1-14(25)11-16-7-9-17(10-8-16)20(26)13-22-24-15(2)21(27-22)12-18-5-3-4-6-19(18)23/h3-10H,11-13H2,1-2H3. The van der Waals surface area contributed by atoms with Crippen LogP contribution < -0.4 is 0 Å². The molecule has 0 unspecified atom stereocenters. The first kappa shape index (κ1) is 19.5. The Labute approximate surface area is 168 Å². The molecule has 3 nitrogen and oxygen atoms in total. The maximum Gasteiger partial charge on any atom is 0.169 e. The number of Topliss-reactive ketones (excluding diaryl/α,β-unsaturated/α-hetero) is 2. The molecule has 0 N–H and O–H groups in total. The molecule has 0 radical (unpaired) electrons. The van der Waals surface area contributed by atoms with Gasteiger partial charge in [0, 0.05) is 28.3 Å². The highest BCUT2D eigenvalue weighted by molar-refractivity contribution is 7.11. The zero-order valence-corrected chi connectivity index (χ0v) is 16.9. The molecule has 0 saturated heterocycles. The summed E-state index contributed by atoms with van der Waals surface area (Å²) in [7, 11) is 0. The summed E-state index contributed by atoms with van der Waals surface area (Å²) in [6, 6.07) is 15.0. The second-order valence-electron chi connectivity index (χ2n) is 6.56. The van der Waals surface area contributed by atoms with E-state index in [1.165, 1.54) is 0 Å². The molecule has 1 aromatic heterocycles. The molecule has 138 valence electrons. The van der Waals surface area contributed by atoms with E-state index in [1.807, 2.05) is 43.3 Å². The first-order valence-corrected chi connectivity index (χ1v) is 9.92. The SMILES string of the molecule is CC(=O)Cc1ccc(C(=O)Cc2nc(C)c(Cc3ccccc3Cl)s2)cc1. The van der Waals surface area contributed by atoms with Crippen molar-refractivity contribution in [2.75, 3.05) is 0 Å². The highest BCUT2D eigenvalue weighted by Crippen LogP contribution is 2.26. The van der Waals surface area contributed by atoms with E-state index >= 15 is 0 Å². The van der Waals surface area contributed by atoms with Gasteiger partial charge >= 0.3 is 0 Å². The van der Waals surface area contributed by atoms with E-state index in [2.05, 4.69) is 4.98 Å². The molecule has 0 fully saturated rings. The van der Waals surface area contributed by atoms with E-state index in [0.29, 0.717) is 12.0 Å². The van der Waals surface area contributed by atoms with Crippen molar-refractivity contribution in [3.63, 3.8) is 0 Å². The Morgan fingerprint density at radius 1 is 1.04 bits per heavy atom. The highest BCUT2D eigenvalue weighted by atomic mass is 35.5. The van der Waals surface area contributed by atoms with E-state index in [9.17, 15) is 9.59 Å². The Bertz CT molecular complexity index is 976. The number of aryl methyl sites for hydroxylation is 1. The summed E-state index contributed by atoms with van der Waals surface area (Å²) in [5.74, 6) is 0.140. The number of thiazole rings is 1. The van der Waals surface area contributed by atoms with Gasteiger partial charge in [0.25, 0.3) is 0 Å². The van der Waals surface area contributed by atoms with Crippen LogP contribution >= 0.6 is 22.9 Å². The Morgan fingerprint density at radius 3 is 2.41 bits per heavy atom. The number of carbonyl (C=O) groups excluding carboxylic acids is 2. The molecule has 3 aromatic rings. The van der Waals surface area contributed by atoms with Crippen LogP contribution in [0.5, 0.6) is 0 Å². The monoisotopic (exact) mass is 397 g/mol. The van der Waals surface area contributed by atoms with E-state index in [0.717, 1.165) is 38.1 Å². The fourth-order valence-electron chi connectivity index (χ4n) is 2.88. The van der Waals surface area contributed by atoms with Crippen LogP contribution in [0.4, 0.5) is 0 Å². The van der Waals surface area contributed by atoms with Gasteiger partial charge in [-0.15, -0.1) is 11.3 Å². The number of nitrogens with zero attached hydrogens (tertiary/aromatic N) is 1. The smallest absolute Gasteiger partial charge is 0.169 e. The van der Waals surface area contributed by atoms with E-state index in [-0.39, 0.29) is 18.0 Å². The van der Waals surface area contributed by atoms with Crippen LogP contribution in [0.2, 0.25) is 5.02 Å². The Kier molecular flexibility index (Phi) is 6.19. The van der Waals surface area contributed by atoms with Gasteiger partial charge in [-0.25, -0.2) is 4.98 Å². The molecule has 0 aliphatic carbocycles. The lowest BCUT2D eigenvalue weighted by Gasteiger charge is -2.02. The summed E-state index contributed by atoms with van der Waals surface area (Å²) in [6.45, 7) is 3.53. The van der Waals surface area contributed by atoms with Crippen molar-refractivity contribution in [1.82, 2.24) is 4.98 Å². The normalized spacial score (nSPS) is 10.8. The molecule has 0 saturated carbocycles. The van der Waals surface area contributed by atoms with Crippen molar-refractivity contribution >= 4 is 34.5 Å². The van der Waals surface area contributed by atoms with Gasteiger partial charge in [0.1, 0.15) is 10.8 Å². The van der Waals surface area contributed by atoms with Crippen LogP contribution in [0.1, 0.15) is 44.0 Å². The third-order valence-corrected chi connectivity index (χ3v) is 5.81. The van der Waals surface area contributed by atoms with Gasteiger partial charge in [-0.05, 0) is 31.0 Å². The summed E-state index contributed by atoms with van der Waals surface area (Å²) in [5.41, 5.74) is 3.57. The van der Waals surface area contributed by atoms with Crippen LogP contribution in [0.3, 0.4) is 0 Å². The maximum absolute atomic E-state index is 12.6. The van der Waals surface area contributed by atoms with Gasteiger partial charge in [-0.2, -0.15) is 0 Å². The average molecular weight is 398 g/mol. The van der Waals surface area contributed by atoms with Crippen molar-refractivity contribution in [2.24, 2.45) is 0 Å². The van der Waals surface area contributed by atoms with Crippen molar-refractivity contribution in [3.05, 3.63) is 85.8 Å². The molecule has 3 rings (SSSR count). The zero-order valence-electron chi connectivity index (χ0n) is 15.3. The largest absolute Gasteiger partial charge is 0.300 e. The lowest BCUT2D eigenvalue weighted by Crippen LogP contribution is -2.04. The van der Waals surface area contributed by atoms with Crippen molar-refractivity contribution in [2.45, 2.75) is 33.1 Å². The summed E-state index contributed by atoms with van der Waals surface area (Å²) in [5, 5.41) is 1.56. The van der Waals surface area contributed by atoms with Crippen LogP contribution in [0.15, 0.2) is 48.5 Å². The number of halogens is 1. The number of benzene rings is 2. The van der Waals surface area contributed by atoms with Gasteiger partial charge in [-0.1, -0.05) is 54.1 Å². The van der Waals surface area contributed by atoms with Crippen LogP contribution in [-0.4, -0.2) is 16.6 Å². The van der Waals surface area contributed by atoms with Gasteiger partial charge in [0.15, 0.2) is 5.78 Å². The van der Waals surface area contributed by atoms with Crippen molar-refractivity contribution in [1.29, 1.82) is 0 Å². The van der Waals surface area contributed by atoms with Gasteiger partial charge in [0.05, 0.1) is 12.1 Å². The Balaban J connectivity index is 1.70. The molecule has 0 aliphatic rings. The predicted molar refractivity (Wildman–Crippen MR) is 110 cm³/mol. The molecular formula is C22H20ClNO2S. The molecule has 27 heavy (non-hydrogen) atoms. The Hall–Kier alpha value is -2.30. The fraction of sp³-hybridized carbons (Fsp3) is 0.227. The van der Waals surface area contributed by atoms with Crippen LogP contribution in [-0.2, 0) is 24.1 Å². The summed E-state index contributed by atoms with van der Waals surface area (Å²) in [6.07, 6.45) is 1.39. The zero-order chi connectivity index (χ0) is 19.4. The molecule has 0 bridgehead atoms. The second kappa shape index (κ2) is 8.59. The van der Waals surface area contributed by atoms with E-state index in [1.54, 1.807) is 30.4 Å². The predicted octanol–water partition coefficient (Wildman–Crippen LogP) is 5.25. The summed E-state index contributed by atoms with van der Waals surface area (Å²) in [4.78, 5) is 29.4. The molecule has 0 spiro atoms. The molecule has 0 aliphatic heterocycles. The molecule has 1 heterocycles. The molecular weight excluding hydrogens is 378 g/mol. The van der Waals surface area contributed by atoms with Crippen LogP contribution in [0.25, 0.3) is 0 Å². The van der Waals surface area contributed by atoms with E-state index in [4.69, 9.17) is 11.6 Å². The molecule has 5 heteroatoms. The minimum Gasteiger partial charge on any atom is -0.300 e. The third-order valence-electron chi connectivity index (χ3n) is 4.29. The number of carbonyl (C=O) groups is 2. The van der Waals surface area contributed by atoms with Gasteiger partial charge in [-0.3, -0.25) is 9.59 Å². The first-order valence-electron chi connectivity index (χ1n) is 8.72. The molecule has 0 amide bonds. The van der Waals surface area contributed by atoms with Gasteiger partial charge in [0.2, 0.25) is 0 Å². The number of rotatable bonds is 7. The number of aromatic nitrogens is 1. The minimum atomic E-state index is 0.0300. The lowest BCUT2D eigenvalue weighted by molar-refractivity contribution is -0.116. The Morgan fingerprint density at radius 2 is 1.74 bits per heavy atom. The summed E-state index contributed by atoms with van der Waals surface area (Å²) < 4.78 is 0. The molecule has 2 aromatic carbocycles. The topological polar surface area (TPSA) is 47.0 Å². The number of hydrogen-bond acceptors (Lipinski definition) is 4. The third kappa shape index (κ3) is 5.12. The quantitative estimate of drug-likeness (QED) is 0.511. The van der Waals surface area contributed by atoms with Crippen molar-refractivity contribution < 1.29 is 9.59 Å². The number of ketones is 2. The lowest BCUT2D eigenvalue weighted by atomic mass is 10.0. The van der Waals surface area contributed by atoms with Gasteiger partial charge < -0.3 is 0 Å². The first-order chi connectivity index (χ1) is 12.9. The van der Waals surface area contributed by atoms with Crippen molar-refractivity contribution in [3.8, 4) is 0 Å². The second-order valence-corrected chi connectivity index (χ2v) is 8.14. The molecule has 0 atom stereocenters.